The monoisotopic (exact) mass is 411 g/mol. The summed E-state index contributed by atoms with van der Waals surface area (Å²) in [7, 11) is 3.24. The fourth-order valence-corrected chi connectivity index (χ4v) is 4.11. The van der Waals surface area contributed by atoms with Crippen molar-refractivity contribution < 1.29 is 14.3 Å². The maximum Gasteiger partial charge on any atom is 0.166 e. The minimum atomic E-state index is 0.0749. The van der Waals surface area contributed by atoms with E-state index in [4.69, 9.17) is 9.47 Å². The van der Waals surface area contributed by atoms with Crippen LogP contribution in [-0.2, 0) is 13.0 Å². The largest absolute Gasteiger partial charge is 0.493 e. The van der Waals surface area contributed by atoms with Crippen LogP contribution in [0.1, 0.15) is 61.5 Å². The Morgan fingerprint density at radius 3 is 2.37 bits per heavy atom. The van der Waals surface area contributed by atoms with Crippen LogP contribution in [0.25, 0.3) is 0 Å². The van der Waals surface area contributed by atoms with Crippen molar-refractivity contribution in [2.24, 2.45) is 11.8 Å². The summed E-state index contributed by atoms with van der Waals surface area (Å²) in [6.45, 7) is 8.09. The van der Waals surface area contributed by atoms with Gasteiger partial charge in [0.25, 0.3) is 0 Å². The Bertz CT molecular complexity index is 788. The molecule has 0 saturated carbocycles. The molecule has 3 rings (SSSR count). The van der Waals surface area contributed by atoms with E-state index in [9.17, 15) is 4.79 Å². The molecule has 0 heterocycles. The SMILES string of the molecule is CC.CCC(CCNCc1ccccc1)CC1Cc2cc(OC)c(OC)cc2C1=O. The van der Waals surface area contributed by atoms with Crippen LogP contribution in [0.4, 0.5) is 0 Å². The number of methoxy groups -OCH3 is 2. The summed E-state index contributed by atoms with van der Waals surface area (Å²) in [5, 5.41) is 3.53. The summed E-state index contributed by atoms with van der Waals surface area (Å²) < 4.78 is 10.8. The molecule has 0 radical (unpaired) electrons. The Morgan fingerprint density at radius 2 is 1.73 bits per heavy atom. The summed E-state index contributed by atoms with van der Waals surface area (Å²) in [5.41, 5.74) is 3.20. The Labute approximate surface area is 182 Å². The highest BCUT2D eigenvalue weighted by molar-refractivity contribution is 6.02. The number of Topliss-reactive ketones (excluding diaryl/α,β-unsaturated/α-hetero) is 1. The van der Waals surface area contributed by atoms with Crippen LogP contribution in [0.2, 0.25) is 0 Å². The van der Waals surface area contributed by atoms with Gasteiger partial charge in [-0.05, 0) is 55.0 Å². The molecular weight excluding hydrogens is 374 g/mol. The molecule has 0 aliphatic heterocycles. The van der Waals surface area contributed by atoms with E-state index in [1.165, 1.54) is 5.56 Å². The van der Waals surface area contributed by atoms with E-state index in [2.05, 4.69) is 36.5 Å². The molecule has 2 atom stereocenters. The van der Waals surface area contributed by atoms with Gasteiger partial charge in [-0.2, -0.15) is 0 Å². The molecule has 1 aliphatic carbocycles. The lowest BCUT2D eigenvalue weighted by atomic mass is 9.88. The van der Waals surface area contributed by atoms with Gasteiger partial charge >= 0.3 is 0 Å². The molecule has 4 heteroatoms. The van der Waals surface area contributed by atoms with E-state index in [0.29, 0.717) is 17.4 Å². The van der Waals surface area contributed by atoms with Crippen LogP contribution in [0.3, 0.4) is 0 Å². The van der Waals surface area contributed by atoms with E-state index >= 15 is 0 Å². The lowest BCUT2D eigenvalue weighted by Gasteiger charge is -2.18. The third-order valence-corrected chi connectivity index (χ3v) is 5.81. The van der Waals surface area contributed by atoms with Crippen molar-refractivity contribution in [3.63, 3.8) is 0 Å². The van der Waals surface area contributed by atoms with Gasteiger partial charge in [-0.25, -0.2) is 0 Å². The van der Waals surface area contributed by atoms with E-state index < -0.39 is 0 Å². The summed E-state index contributed by atoms with van der Waals surface area (Å²) in [6.07, 6.45) is 3.94. The summed E-state index contributed by atoms with van der Waals surface area (Å²) in [6, 6.07) is 14.3. The van der Waals surface area contributed by atoms with Crippen molar-refractivity contribution in [1.29, 1.82) is 0 Å². The Balaban J connectivity index is 0.00000155. The first-order valence-electron chi connectivity index (χ1n) is 11.2. The maximum atomic E-state index is 12.9. The maximum absolute atomic E-state index is 12.9. The minimum absolute atomic E-state index is 0.0749. The second-order valence-electron chi connectivity index (χ2n) is 7.59. The van der Waals surface area contributed by atoms with Crippen LogP contribution in [0.15, 0.2) is 42.5 Å². The second kappa shape index (κ2) is 12.4. The summed E-state index contributed by atoms with van der Waals surface area (Å²) in [5.74, 6) is 2.21. The zero-order valence-electron chi connectivity index (χ0n) is 19.2. The Morgan fingerprint density at radius 1 is 1.07 bits per heavy atom. The highest BCUT2D eigenvalue weighted by Gasteiger charge is 2.33. The zero-order chi connectivity index (χ0) is 21.9. The number of carbonyl (C=O) groups excluding carboxylic acids is 1. The standard InChI is InChI=1S/C24H31NO3.C2H6/c1-4-17(10-11-25-16-18-8-6-5-7-9-18)12-20-13-19-14-22(27-2)23(28-3)15-21(19)24(20)26;1-2/h5-9,14-15,17,20,25H,4,10-13,16H2,1-3H3;1-2H3. The second-order valence-corrected chi connectivity index (χ2v) is 7.59. The molecule has 164 valence electrons. The molecule has 1 N–H and O–H groups in total. The molecule has 2 aromatic carbocycles. The van der Waals surface area contributed by atoms with Crippen molar-refractivity contribution in [2.45, 2.75) is 53.0 Å². The molecule has 0 spiro atoms. The van der Waals surface area contributed by atoms with Gasteiger partial charge in [-0.3, -0.25) is 4.79 Å². The third kappa shape index (κ3) is 6.09. The topological polar surface area (TPSA) is 47.6 Å². The summed E-state index contributed by atoms with van der Waals surface area (Å²) in [4.78, 5) is 12.9. The number of benzene rings is 2. The normalized spacial score (nSPS) is 15.8. The van der Waals surface area contributed by atoms with Gasteiger partial charge in [-0.15, -0.1) is 0 Å². The van der Waals surface area contributed by atoms with Gasteiger partial charge in [0.1, 0.15) is 0 Å². The first-order valence-corrected chi connectivity index (χ1v) is 11.2. The van der Waals surface area contributed by atoms with Gasteiger partial charge in [0, 0.05) is 18.0 Å². The number of nitrogens with one attached hydrogen (secondary N) is 1. The lowest BCUT2D eigenvalue weighted by molar-refractivity contribution is 0.0916. The smallest absolute Gasteiger partial charge is 0.166 e. The first-order chi connectivity index (χ1) is 14.7. The van der Waals surface area contributed by atoms with E-state index in [1.807, 2.05) is 32.0 Å². The average Bonchev–Trinajstić information content (AvgIpc) is 3.11. The van der Waals surface area contributed by atoms with Crippen molar-refractivity contribution in [3.8, 4) is 11.5 Å². The number of hydrogen-bond donors (Lipinski definition) is 1. The van der Waals surface area contributed by atoms with Crippen LogP contribution in [0.5, 0.6) is 11.5 Å². The van der Waals surface area contributed by atoms with Crippen molar-refractivity contribution in [3.05, 3.63) is 59.2 Å². The Kier molecular flexibility index (Phi) is 9.88. The molecule has 1 aliphatic rings. The molecule has 0 amide bonds. The molecular formula is C26H37NO3. The van der Waals surface area contributed by atoms with Crippen LogP contribution < -0.4 is 14.8 Å². The highest BCUT2D eigenvalue weighted by Crippen LogP contribution is 2.39. The van der Waals surface area contributed by atoms with Crippen LogP contribution in [0, 0.1) is 11.8 Å². The molecule has 2 unspecified atom stereocenters. The first kappa shape index (κ1) is 23.9. The van der Waals surface area contributed by atoms with Gasteiger partial charge < -0.3 is 14.8 Å². The third-order valence-electron chi connectivity index (χ3n) is 5.81. The lowest BCUT2D eigenvalue weighted by Crippen LogP contribution is -2.20. The molecule has 0 fully saturated rings. The summed E-state index contributed by atoms with van der Waals surface area (Å²) >= 11 is 0. The van der Waals surface area contributed by atoms with E-state index in [1.54, 1.807) is 14.2 Å². The molecule has 0 bridgehead atoms. The van der Waals surface area contributed by atoms with Crippen LogP contribution in [-0.4, -0.2) is 26.5 Å². The van der Waals surface area contributed by atoms with E-state index in [-0.39, 0.29) is 11.7 Å². The van der Waals surface area contributed by atoms with Gasteiger partial charge in [0.05, 0.1) is 14.2 Å². The predicted molar refractivity (Wildman–Crippen MR) is 124 cm³/mol. The molecule has 2 aromatic rings. The molecule has 4 nitrogen and oxygen atoms in total. The highest BCUT2D eigenvalue weighted by atomic mass is 16.5. The molecule has 30 heavy (non-hydrogen) atoms. The average molecular weight is 412 g/mol. The minimum Gasteiger partial charge on any atom is -0.493 e. The number of ether oxygens (including phenoxy) is 2. The number of rotatable bonds is 10. The van der Waals surface area contributed by atoms with E-state index in [0.717, 1.165) is 49.9 Å². The predicted octanol–water partition coefficient (Wildman–Crippen LogP) is 5.68. The fourth-order valence-electron chi connectivity index (χ4n) is 4.11. The number of hydrogen-bond acceptors (Lipinski definition) is 4. The Hall–Kier alpha value is -2.33. The van der Waals surface area contributed by atoms with Crippen molar-refractivity contribution in [2.75, 3.05) is 20.8 Å². The number of ketones is 1. The fraction of sp³-hybridized carbons (Fsp3) is 0.500. The van der Waals surface area contributed by atoms with Gasteiger partial charge in [0.15, 0.2) is 17.3 Å². The molecule has 0 aromatic heterocycles. The molecule has 0 saturated heterocycles. The van der Waals surface area contributed by atoms with Crippen LogP contribution >= 0.6 is 0 Å². The number of carbonyl (C=O) groups is 1. The van der Waals surface area contributed by atoms with Gasteiger partial charge in [0.2, 0.25) is 0 Å². The number of fused-ring (bicyclic) bond motifs is 1. The van der Waals surface area contributed by atoms with Crippen molar-refractivity contribution >= 4 is 5.78 Å². The van der Waals surface area contributed by atoms with Gasteiger partial charge in [-0.1, -0.05) is 57.5 Å². The van der Waals surface area contributed by atoms with Crippen molar-refractivity contribution in [1.82, 2.24) is 5.32 Å². The quantitative estimate of drug-likeness (QED) is 0.511. The zero-order valence-corrected chi connectivity index (χ0v) is 19.2.